The van der Waals surface area contributed by atoms with E-state index in [0.29, 0.717) is 6.54 Å². The Labute approximate surface area is 82.0 Å². The van der Waals surface area contributed by atoms with E-state index in [2.05, 4.69) is 15.2 Å². The molecule has 0 fully saturated rings. The van der Waals surface area contributed by atoms with Crippen LogP contribution in [0.15, 0.2) is 18.6 Å². The van der Waals surface area contributed by atoms with Gasteiger partial charge in [-0.3, -0.25) is 4.40 Å². The van der Waals surface area contributed by atoms with Crippen LogP contribution in [0.1, 0.15) is 19.7 Å². The maximum atomic E-state index is 5.69. The number of nitrogens with two attached hydrogens (primary N) is 1. The summed E-state index contributed by atoms with van der Waals surface area (Å²) in [6, 6.07) is 1.82. The highest BCUT2D eigenvalue weighted by atomic mass is 15.3. The molecular formula is C9H13N5. The molecule has 0 unspecified atom stereocenters. The highest BCUT2D eigenvalue weighted by Crippen LogP contribution is 2.19. The Hall–Kier alpha value is -1.49. The van der Waals surface area contributed by atoms with Crippen molar-refractivity contribution >= 4 is 5.65 Å². The summed E-state index contributed by atoms with van der Waals surface area (Å²) >= 11 is 0. The van der Waals surface area contributed by atoms with Gasteiger partial charge in [0.1, 0.15) is 12.2 Å². The van der Waals surface area contributed by atoms with Crippen molar-refractivity contribution in [3.63, 3.8) is 0 Å². The van der Waals surface area contributed by atoms with Crippen molar-refractivity contribution in [2.24, 2.45) is 5.73 Å². The fourth-order valence-electron chi connectivity index (χ4n) is 1.30. The maximum Gasteiger partial charge on any atom is 0.163 e. The third kappa shape index (κ3) is 1.26. The zero-order valence-electron chi connectivity index (χ0n) is 8.31. The molecule has 74 valence electrons. The Bertz CT molecular complexity index is 445. The lowest BCUT2D eigenvalue weighted by atomic mass is 9.93. The molecular weight excluding hydrogens is 178 g/mol. The molecule has 0 spiro atoms. The number of hydrogen-bond acceptors (Lipinski definition) is 4. The number of rotatable bonds is 2. The van der Waals surface area contributed by atoms with Gasteiger partial charge >= 0.3 is 0 Å². The monoisotopic (exact) mass is 191 g/mol. The molecule has 0 aliphatic heterocycles. The van der Waals surface area contributed by atoms with Crippen LogP contribution in [-0.4, -0.2) is 26.1 Å². The topological polar surface area (TPSA) is 69.1 Å². The van der Waals surface area contributed by atoms with Gasteiger partial charge in [-0.25, -0.2) is 4.98 Å². The smallest absolute Gasteiger partial charge is 0.163 e. The molecule has 2 rings (SSSR count). The predicted octanol–water partition coefficient (Wildman–Crippen LogP) is 0.361. The van der Waals surface area contributed by atoms with Crippen LogP contribution in [0.4, 0.5) is 0 Å². The van der Waals surface area contributed by atoms with E-state index in [0.717, 1.165) is 11.5 Å². The first-order valence-electron chi connectivity index (χ1n) is 4.50. The molecule has 0 saturated carbocycles. The molecule has 2 aromatic rings. The molecule has 2 N–H and O–H groups in total. The summed E-state index contributed by atoms with van der Waals surface area (Å²) in [6.07, 6.45) is 3.41. The van der Waals surface area contributed by atoms with Crippen LogP contribution < -0.4 is 5.73 Å². The number of fused-ring (bicyclic) bond motifs is 1. The van der Waals surface area contributed by atoms with Gasteiger partial charge < -0.3 is 5.73 Å². The van der Waals surface area contributed by atoms with Crippen molar-refractivity contribution in [1.29, 1.82) is 0 Å². The summed E-state index contributed by atoms with van der Waals surface area (Å²) in [4.78, 5) is 4.04. The number of nitrogens with zero attached hydrogens (tertiary/aromatic N) is 4. The van der Waals surface area contributed by atoms with Crippen molar-refractivity contribution in [3.8, 4) is 0 Å². The maximum absolute atomic E-state index is 5.69. The molecule has 5 heteroatoms. The zero-order valence-corrected chi connectivity index (χ0v) is 8.31. The van der Waals surface area contributed by atoms with Crippen molar-refractivity contribution in [2.75, 3.05) is 6.54 Å². The largest absolute Gasteiger partial charge is 0.329 e. The van der Waals surface area contributed by atoms with E-state index >= 15 is 0 Å². The van der Waals surface area contributed by atoms with E-state index in [1.165, 1.54) is 0 Å². The minimum Gasteiger partial charge on any atom is -0.329 e. The van der Waals surface area contributed by atoms with E-state index in [-0.39, 0.29) is 5.41 Å². The van der Waals surface area contributed by atoms with Gasteiger partial charge in [-0.2, -0.15) is 0 Å². The van der Waals surface area contributed by atoms with Gasteiger partial charge in [0.15, 0.2) is 5.65 Å². The molecule has 2 heterocycles. The Balaban J connectivity index is 2.64. The average Bonchev–Trinajstić information content (AvgIpc) is 2.61. The summed E-state index contributed by atoms with van der Waals surface area (Å²) < 4.78 is 1.87. The molecule has 0 saturated heterocycles. The van der Waals surface area contributed by atoms with Crippen LogP contribution in [0.2, 0.25) is 0 Å². The highest BCUT2D eigenvalue weighted by molar-refractivity contribution is 5.36. The molecule has 0 aliphatic rings. The van der Waals surface area contributed by atoms with Gasteiger partial charge in [0.05, 0.1) is 0 Å². The van der Waals surface area contributed by atoms with Crippen LogP contribution in [-0.2, 0) is 5.41 Å². The van der Waals surface area contributed by atoms with E-state index in [4.69, 9.17) is 5.73 Å². The van der Waals surface area contributed by atoms with Gasteiger partial charge in [0, 0.05) is 24.2 Å². The van der Waals surface area contributed by atoms with Gasteiger partial charge in [0.2, 0.25) is 0 Å². The van der Waals surface area contributed by atoms with Crippen LogP contribution >= 0.6 is 0 Å². The third-order valence-electron chi connectivity index (χ3n) is 2.33. The molecule has 2 aromatic heterocycles. The normalized spacial score (nSPS) is 12.2. The van der Waals surface area contributed by atoms with Crippen LogP contribution in [0.5, 0.6) is 0 Å². The summed E-state index contributed by atoms with van der Waals surface area (Å²) in [6.45, 7) is 4.61. The second kappa shape index (κ2) is 3.02. The first kappa shape index (κ1) is 9.08. The zero-order chi connectivity index (χ0) is 10.2. The first-order chi connectivity index (χ1) is 6.65. The van der Waals surface area contributed by atoms with Crippen molar-refractivity contribution in [2.45, 2.75) is 19.3 Å². The van der Waals surface area contributed by atoms with Crippen LogP contribution in [0.25, 0.3) is 5.65 Å². The Morgan fingerprint density at radius 3 is 2.93 bits per heavy atom. The summed E-state index contributed by atoms with van der Waals surface area (Å²) in [7, 11) is 0. The third-order valence-corrected chi connectivity index (χ3v) is 2.33. The van der Waals surface area contributed by atoms with E-state index in [9.17, 15) is 0 Å². The van der Waals surface area contributed by atoms with Crippen molar-refractivity contribution < 1.29 is 0 Å². The van der Waals surface area contributed by atoms with E-state index in [1.54, 1.807) is 12.5 Å². The Morgan fingerprint density at radius 1 is 1.43 bits per heavy atom. The lowest BCUT2D eigenvalue weighted by Crippen LogP contribution is -2.30. The second-order valence-corrected chi connectivity index (χ2v) is 3.92. The second-order valence-electron chi connectivity index (χ2n) is 3.92. The molecule has 0 aliphatic carbocycles. The van der Waals surface area contributed by atoms with Gasteiger partial charge in [-0.15, -0.1) is 10.2 Å². The lowest BCUT2D eigenvalue weighted by molar-refractivity contribution is 0.496. The summed E-state index contributed by atoms with van der Waals surface area (Å²) in [5.74, 6) is 0.850. The average molecular weight is 191 g/mol. The summed E-state index contributed by atoms with van der Waals surface area (Å²) in [5.41, 5.74) is 6.31. The number of hydrogen-bond donors (Lipinski definition) is 1. The van der Waals surface area contributed by atoms with E-state index in [1.807, 2.05) is 24.3 Å². The SMILES string of the molecule is CC(C)(CN)c1nnc2ccncn12. The number of aromatic nitrogens is 4. The molecule has 0 radical (unpaired) electrons. The Kier molecular flexibility index (Phi) is 1.96. The fraction of sp³-hybridized carbons (Fsp3) is 0.444. The first-order valence-corrected chi connectivity index (χ1v) is 4.50. The molecule has 0 atom stereocenters. The minimum absolute atomic E-state index is 0.178. The fourth-order valence-corrected chi connectivity index (χ4v) is 1.30. The van der Waals surface area contributed by atoms with Gasteiger partial charge in [0.25, 0.3) is 0 Å². The van der Waals surface area contributed by atoms with Crippen LogP contribution in [0.3, 0.4) is 0 Å². The molecule has 14 heavy (non-hydrogen) atoms. The highest BCUT2D eigenvalue weighted by Gasteiger charge is 2.24. The molecule has 0 bridgehead atoms. The van der Waals surface area contributed by atoms with E-state index < -0.39 is 0 Å². The van der Waals surface area contributed by atoms with Crippen molar-refractivity contribution in [3.05, 3.63) is 24.4 Å². The standard InChI is InChI=1S/C9H13N5/c1-9(2,5-10)8-13-12-7-3-4-11-6-14(7)8/h3-4,6H,5,10H2,1-2H3. The summed E-state index contributed by atoms with van der Waals surface area (Å²) in [5, 5.41) is 8.18. The predicted molar refractivity (Wildman–Crippen MR) is 52.9 cm³/mol. The van der Waals surface area contributed by atoms with Crippen molar-refractivity contribution in [1.82, 2.24) is 19.6 Å². The quantitative estimate of drug-likeness (QED) is 0.744. The Morgan fingerprint density at radius 2 is 2.21 bits per heavy atom. The van der Waals surface area contributed by atoms with Gasteiger partial charge in [-0.1, -0.05) is 13.8 Å². The molecule has 0 amide bonds. The lowest BCUT2D eigenvalue weighted by Gasteiger charge is -2.19. The molecule has 0 aromatic carbocycles. The molecule has 5 nitrogen and oxygen atoms in total. The van der Waals surface area contributed by atoms with Crippen LogP contribution in [0, 0.1) is 0 Å². The van der Waals surface area contributed by atoms with Gasteiger partial charge in [-0.05, 0) is 0 Å². The minimum atomic E-state index is -0.178.